The molecule has 0 bridgehead atoms. The van der Waals surface area contributed by atoms with Crippen molar-refractivity contribution in [3.63, 3.8) is 0 Å². The number of anilines is 2. The quantitative estimate of drug-likeness (QED) is 0.186. The molecule has 45 heavy (non-hydrogen) atoms. The number of hydrogen-bond acceptors (Lipinski definition) is 9. The van der Waals surface area contributed by atoms with Crippen molar-refractivity contribution in [3.05, 3.63) is 82.6 Å². The van der Waals surface area contributed by atoms with E-state index in [4.69, 9.17) is 26.2 Å². The van der Waals surface area contributed by atoms with Gasteiger partial charge in [-0.05, 0) is 54.3 Å². The second-order valence-electron chi connectivity index (χ2n) is 11.4. The first-order valence-electron chi connectivity index (χ1n) is 15.2. The first-order chi connectivity index (χ1) is 22.1. The highest BCUT2D eigenvalue weighted by atomic mass is 35.5. The fourth-order valence-electron chi connectivity index (χ4n) is 6.15. The third-order valence-electron chi connectivity index (χ3n) is 8.57. The summed E-state index contributed by atoms with van der Waals surface area (Å²) in [7, 11) is 1.76. The van der Waals surface area contributed by atoms with Crippen molar-refractivity contribution in [1.29, 1.82) is 0 Å². The molecule has 1 aliphatic carbocycles. The zero-order chi connectivity index (χ0) is 30.8. The van der Waals surface area contributed by atoms with Crippen molar-refractivity contribution in [2.45, 2.75) is 26.0 Å². The van der Waals surface area contributed by atoms with Gasteiger partial charge in [-0.15, -0.1) is 11.3 Å². The summed E-state index contributed by atoms with van der Waals surface area (Å²) in [5, 5.41) is 9.79. The number of piperazine rings is 1. The molecular weight excluding hydrogens is 613 g/mol. The highest BCUT2D eigenvalue weighted by Crippen LogP contribution is 2.45. The van der Waals surface area contributed by atoms with Crippen molar-refractivity contribution in [2.75, 3.05) is 58.3 Å². The van der Waals surface area contributed by atoms with Crippen LogP contribution in [-0.2, 0) is 30.7 Å². The van der Waals surface area contributed by atoms with Crippen LogP contribution in [0.25, 0.3) is 20.7 Å². The molecule has 0 atom stereocenters. The molecule has 12 heteroatoms. The monoisotopic (exact) mass is 647 g/mol. The maximum absolute atomic E-state index is 13.5. The Kier molecular flexibility index (Phi) is 8.95. The van der Waals surface area contributed by atoms with Gasteiger partial charge in [-0.25, -0.2) is 14.4 Å². The Morgan fingerprint density at radius 3 is 2.64 bits per heavy atom. The topological polar surface area (TPSA) is 80.6 Å². The Balaban J connectivity index is 1.04. The summed E-state index contributed by atoms with van der Waals surface area (Å²) in [5.74, 6) is 0.987. The molecule has 9 nitrogen and oxygen atoms in total. The SMILES string of the molecule is COCCN1CCN(CCn2ncc3c2CCc2c-3sc3ncnc(Nc4ccc(OCc5cccc(F)c5)c(Cl)c4)c23)CC1. The number of ether oxygens (including phenoxy) is 2. The molecule has 234 valence electrons. The molecule has 3 aromatic heterocycles. The van der Waals surface area contributed by atoms with Gasteiger partial charge in [0.2, 0.25) is 0 Å². The zero-order valence-electron chi connectivity index (χ0n) is 25.1. The van der Waals surface area contributed by atoms with Gasteiger partial charge in [0.25, 0.3) is 0 Å². The van der Waals surface area contributed by atoms with E-state index in [0.29, 0.717) is 10.8 Å². The van der Waals surface area contributed by atoms with Gasteiger partial charge >= 0.3 is 0 Å². The van der Waals surface area contributed by atoms with Crippen LogP contribution in [-0.4, -0.2) is 82.5 Å². The molecule has 0 saturated carbocycles. The van der Waals surface area contributed by atoms with E-state index in [1.54, 1.807) is 30.8 Å². The molecular formula is C33H35ClFN7O2S. The van der Waals surface area contributed by atoms with Crippen LogP contribution in [0, 0.1) is 5.82 Å². The molecule has 1 N–H and O–H groups in total. The van der Waals surface area contributed by atoms with Gasteiger partial charge in [-0.3, -0.25) is 14.5 Å². The molecule has 4 heterocycles. The minimum absolute atomic E-state index is 0.225. The third-order valence-corrected chi connectivity index (χ3v) is 10.0. The third kappa shape index (κ3) is 6.54. The highest BCUT2D eigenvalue weighted by molar-refractivity contribution is 7.22. The number of benzene rings is 2. The summed E-state index contributed by atoms with van der Waals surface area (Å²) in [4.78, 5) is 16.4. The lowest BCUT2D eigenvalue weighted by molar-refractivity contribution is 0.0947. The fraction of sp³-hybridized carbons (Fsp3) is 0.364. The lowest BCUT2D eigenvalue weighted by atomic mass is 9.95. The molecule has 7 rings (SSSR count). The van der Waals surface area contributed by atoms with E-state index in [1.165, 1.54) is 33.8 Å². The smallest absolute Gasteiger partial charge is 0.142 e. The van der Waals surface area contributed by atoms with Crippen molar-refractivity contribution in [2.24, 2.45) is 0 Å². The van der Waals surface area contributed by atoms with E-state index >= 15 is 0 Å². The molecule has 0 radical (unpaired) electrons. The van der Waals surface area contributed by atoms with Crippen LogP contribution in [0.2, 0.25) is 5.02 Å². The van der Waals surface area contributed by atoms with E-state index in [2.05, 4.69) is 29.8 Å². The molecule has 1 saturated heterocycles. The standard InChI is InChI=1S/C33H35ClFN7O2S/c1-43-16-15-41-11-9-40(10-12-41)13-14-42-28-7-6-25-30-32(36-21-37-33(30)45-31(25)26(28)19-38-42)39-24-5-8-29(27(34)18-24)44-20-22-3-2-4-23(35)17-22/h2-5,8,17-19,21H,6-7,9-16,20H2,1H3,(H,36,37,39). The van der Waals surface area contributed by atoms with Crippen molar-refractivity contribution in [3.8, 4) is 16.2 Å². The zero-order valence-corrected chi connectivity index (χ0v) is 26.7. The average Bonchev–Trinajstić information content (AvgIpc) is 3.65. The van der Waals surface area contributed by atoms with Crippen LogP contribution in [0.5, 0.6) is 5.75 Å². The van der Waals surface area contributed by atoms with Gasteiger partial charge in [0.05, 0.1) is 29.8 Å². The summed E-state index contributed by atoms with van der Waals surface area (Å²) < 4.78 is 26.8. The van der Waals surface area contributed by atoms with E-state index in [9.17, 15) is 4.39 Å². The second kappa shape index (κ2) is 13.4. The Morgan fingerprint density at radius 1 is 1.00 bits per heavy atom. The predicted molar refractivity (Wildman–Crippen MR) is 176 cm³/mol. The molecule has 1 fully saturated rings. The Bertz CT molecular complexity index is 1800. The van der Waals surface area contributed by atoms with Crippen LogP contribution >= 0.6 is 22.9 Å². The Morgan fingerprint density at radius 2 is 1.84 bits per heavy atom. The van der Waals surface area contributed by atoms with Crippen LogP contribution < -0.4 is 10.1 Å². The first kappa shape index (κ1) is 30.1. The number of thiophene rings is 1. The van der Waals surface area contributed by atoms with E-state index in [1.807, 2.05) is 30.5 Å². The van der Waals surface area contributed by atoms with Gasteiger partial charge < -0.3 is 14.8 Å². The Labute approximate surface area is 270 Å². The number of methoxy groups -OCH3 is 1. The lowest BCUT2D eigenvalue weighted by Crippen LogP contribution is -2.48. The van der Waals surface area contributed by atoms with E-state index in [0.717, 1.165) is 92.5 Å². The number of fused-ring (bicyclic) bond motifs is 5. The van der Waals surface area contributed by atoms with Gasteiger partial charge in [0.15, 0.2) is 0 Å². The number of rotatable bonds is 11. The maximum atomic E-state index is 13.5. The number of nitrogens with zero attached hydrogens (tertiary/aromatic N) is 6. The number of hydrogen-bond donors (Lipinski definition) is 1. The number of nitrogens with one attached hydrogen (secondary N) is 1. The Hall–Kier alpha value is -3.61. The van der Waals surface area contributed by atoms with Crippen LogP contribution in [0.3, 0.4) is 0 Å². The normalized spacial score (nSPS) is 15.3. The van der Waals surface area contributed by atoms with Crippen molar-refractivity contribution < 1.29 is 13.9 Å². The minimum Gasteiger partial charge on any atom is -0.487 e. The summed E-state index contributed by atoms with van der Waals surface area (Å²) in [6, 6.07) is 11.9. The van der Waals surface area contributed by atoms with E-state index in [-0.39, 0.29) is 12.4 Å². The number of aryl methyl sites for hydroxylation is 1. The second-order valence-corrected chi connectivity index (χ2v) is 12.8. The van der Waals surface area contributed by atoms with Crippen LogP contribution in [0.15, 0.2) is 55.0 Å². The van der Waals surface area contributed by atoms with Crippen LogP contribution in [0.4, 0.5) is 15.9 Å². The van der Waals surface area contributed by atoms with Gasteiger partial charge in [0.1, 0.15) is 35.1 Å². The largest absolute Gasteiger partial charge is 0.487 e. The van der Waals surface area contributed by atoms with Gasteiger partial charge in [-0.2, -0.15) is 5.10 Å². The molecule has 2 aliphatic rings. The average molecular weight is 648 g/mol. The maximum Gasteiger partial charge on any atom is 0.142 e. The lowest BCUT2D eigenvalue weighted by Gasteiger charge is -2.34. The molecule has 0 unspecified atom stereocenters. The molecule has 1 aliphatic heterocycles. The van der Waals surface area contributed by atoms with Crippen molar-refractivity contribution >= 4 is 44.7 Å². The summed E-state index contributed by atoms with van der Waals surface area (Å²) in [5.41, 5.74) is 5.30. The molecule has 5 aromatic rings. The van der Waals surface area contributed by atoms with Gasteiger partial charge in [-0.1, -0.05) is 23.7 Å². The number of aromatic nitrogens is 4. The highest BCUT2D eigenvalue weighted by Gasteiger charge is 2.27. The summed E-state index contributed by atoms with van der Waals surface area (Å²) >= 11 is 8.28. The summed E-state index contributed by atoms with van der Waals surface area (Å²) in [6.45, 7) is 8.25. The minimum atomic E-state index is -0.294. The molecule has 0 spiro atoms. The predicted octanol–water partition coefficient (Wildman–Crippen LogP) is 6.03. The van der Waals surface area contributed by atoms with E-state index < -0.39 is 0 Å². The molecule has 2 aromatic carbocycles. The summed E-state index contributed by atoms with van der Waals surface area (Å²) in [6.07, 6.45) is 5.46. The van der Waals surface area contributed by atoms with Crippen LogP contribution in [0.1, 0.15) is 16.8 Å². The van der Waals surface area contributed by atoms with Gasteiger partial charge in [0, 0.05) is 68.2 Å². The first-order valence-corrected chi connectivity index (χ1v) is 16.4. The van der Waals surface area contributed by atoms with Crippen molar-refractivity contribution in [1.82, 2.24) is 29.5 Å². The molecule has 0 amide bonds. The number of halogens is 2. The fourth-order valence-corrected chi connectivity index (χ4v) is 7.61.